The Morgan fingerprint density at radius 3 is 2.41 bits per heavy atom. The standard InChI is InChI=1S/C18H19F3N4O3.HI/c1-27-13-6-3-10(7-14(13)28-2)8-23-18(22)24-9-15(26)25-12-5-4-11(19)16(20)17(12)21;/h3-7H,8-9H2,1-2H3,(H,25,26)(H3,22,23,24);1H. The lowest BCUT2D eigenvalue weighted by molar-refractivity contribution is -0.115. The molecule has 0 unspecified atom stereocenters. The minimum absolute atomic E-state index is 0. The fourth-order valence-electron chi connectivity index (χ4n) is 2.20. The number of nitrogens with one attached hydrogen (secondary N) is 2. The number of carbonyl (C=O) groups is 1. The molecule has 2 rings (SSSR count). The normalized spacial score (nSPS) is 10.7. The number of nitrogens with zero attached hydrogens (tertiary/aromatic N) is 1. The first-order valence-electron chi connectivity index (χ1n) is 8.03. The number of nitrogens with two attached hydrogens (primary N) is 1. The van der Waals surface area contributed by atoms with Crippen LogP contribution in [0.25, 0.3) is 0 Å². The summed E-state index contributed by atoms with van der Waals surface area (Å²) in [6, 6.07) is 6.85. The molecule has 0 fully saturated rings. The molecule has 1 amide bonds. The van der Waals surface area contributed by atoms with Gasteiger partial charge in [-0.1, -0.05) is 6.07 Å². The van der Waals surface area contributed by atoms with Gasteiger partial charge in [0.1, 0.15) is 0 Å². The molecule has 0 aliphatic carbocycles. The maximum Gasteiger partial charge on any atom is 0.243 e. The fraction of sp³-hybridized carbons (Fsp3) is 0.222. The number of methoxy groups -OCH3 is 2. The highest BCUT2D eigenvalue weighted by atomic mass is 127. The predicted octanol–water partition coefficient (Wildman–Crippen LogP) is 2.78. The Balaban J connectivity index is 0.00000420. The molecular weight excluding hydrogens is 504 g/mol. The van der Waals surface area contributed by atoms with Crippen molar-refractivity contribution >= 4 is 41.5 Å². The maximum absolute atomic E-state index is 13.5. The molecule has 0 bridgehead atoms. The number of carbonyl (C=O) groups excluding carboxylic acids is 1. The van der Waals surface area contributed by atoms with E-state index >= 15 is 0 Å². The van der Waals surface area contributed by atoms with Gasteiger partial charge >= 0.3 is 0 Å². The molecule has 0 aliphatic rings. The molecule has 0 aromatic heterocycles. The molecule has 0 heterocycles. The van der Waals surface area contributed by atoms with E-state index in [0.29, 0.717) is 17.6 Å². The molecule has 0 saturated carbocycles. The first-order chi connectivity index (χ1) is 13.3. The van der Waals surface area contributed by atoms with Crippen molar-refractivity contribution in [1.82, 2.24) is 5.32 Å². The first kappa shape index (κ1) is 24.3. The van der Waals surface area contributed by atoms with Crippen molar-refractivity contribution in [2.75, 3.05) is 26.1 Å². The highest BCUT2D eigenvalue weighted by molar-refractivity contribution is 14.0. The van der Waals surface area contributed by atoms with E-state index in [0.717, 1.165) is 11.6 Å². The average molecular weight is 524 g/mol. The Labute approximate surface area is 182 Å². The summed E-state index contributed by atoms with van der Waals surface area (Å²) in [6.45, 7) is -0.141. The summed E-state index contributed by atoms with van der Waals surface area (Å²) in [5.41, 5.74) is 5.99. The molecule has 158 valence electrons. The van der Waals surface area contributed by atoms with Gasteiger partial charge in [-0.15, -0.1) is 24.0 Å². The molecule has 0 spiro atoms. The Morgan fingerprint density at radius 1 is 1.07 bits per heavy atom. The minimum Gasteiger partial charge on any atom is -0.493 e. The van der Waals surface area contributed by atoms with Gasteiger partial charge in [0.2, 0.25) is 5.91 Å². The van der Waals surface area contributed by atoms with E-state index in [1.165, 1.54) is 14.2 Å². The zero-order chi connectivity index (χ0) is 20.7. The van der Waals surface area contributed by atoms with Gasteiger partial charge in [0.15, 0.2) is 34.9 Å². The van der Waals surface area contributed by atoms with Crippen LogP contribution in [-0.4, -0.2) is 32.6 Å². The zero-order valence-corrected chi connectivity index (χ0v) is 17.9. The van der Waals surface area contributed by atoms with Crippen LogP contribution in [-0.2, 0) is 11.3 Å². The van der Waals surface area contributed by atoms with Crippen molar-refractivity contribution in [2.45, 2.75) is 6.54 Å². The number of hydrogen-bond acceptors (Lipinski definition) is 4. The van der Waals surface area contributed by atoms with Gasteiger partial charge in [0, 0.05) is 0 Å². The van der Waals surface area contributed by atoms with Crippen molar-refractivity contribution in [2.24, 2.45) is 10.7 Å². The summed E-state index contributed by atoms with van der Waals surface area (Å²) in [5, 5.41) is 4.65. The van der Waals surface area contributed by atoms with Gasteiger partial charge in [-0.2, -0.15) is 0 Å². The third-order valence-electron chi connectivity index (χ3n) is 3.62. The third kappa shape index (κ3) is 6.69. The molecule has 0 radical (unpaired) electrons. The molecule has 0 aliphatic heterocycles. The summed E-state index contributed by atoms with van der Waals surface area (Å²) in [4.78, 5) is 15.9. The number of ether oxygens (including phenoxy) is 2. The van der Waals surface area contributed by atoms with Gasteiger partial charge in [-0.05, 0) is 29.8 Å². The predicted molar refractivity (Wildman–Crippen MR) is 113 cm³/mol. The van der Waals surface area contributed by atoms with Crippen molar-refractivity contribution in [3.8, 4) is 11.5 Å². The van der Waals surface area contributed by atoms with E-state index < -0.39 is 29.0 Å². The summed E-state index contributed by atoms with van der Waals surface area (Å²) < 4.78 is 49.9. The Kier molecular flexibility index (Phi) is 9.51. The number of benzene rings is 2. The van der Waals surface area contributed by atoms with Gasteiger partial charge in [0.25, 0.3) is 0 Å². The monoisotopic (exact) mass is 524 g/mol. The first-order valence-corrected chi connectivity index (χ1v) is 8.03. The van der Waals surface area contributed by atoms with E-state index in [9.17, 15) is 18.0 Å². The lowest BCUT2D eigenvalue weighted by Crippen LogP contribution is -2.38. The van der Waals surface area contributed by atoms with Crippen molar-refractivity contribution in [3.05, 3.63) is 53.3 Å². The molecule has 2 aromatic carbocycles. The largest absolute Gasteiger partial charge is 0.493 e. The summed E-state index contributed by atoms with van der Waals surface area (Å²) in [5.74, 6) is -4.13. The molecular formula is C18H20F3IN4O3. The molecule has 2 aromatic rings. The maximum atomic E-state index is 13.5. The van der Waals surface area contributed by atoms with Crippen LogP contribution in [0.2, 0.25) is 0 Å². The Hall–Kier alpha value is -2.70. The van der Waals surface area contributed by atoms with E-state index in [-0.39, 0.29) is 43.0 Å². The van der Waals surface area contributed by atoms with Crippen LogP contribution in [0.3, 0.4) is 0 Å². The van der Waals surface area contributed by atoms with Crippen LogP contribution < -0.4 is 25.8 Å². The van der Waals surface area contributed by atoms with E-state index in [2.05, 4.69) is 15.6 Å². The molecule has 11 heteroatoms. The summed E-state index contributed by atoms with van der Waals surface area (Å²) in [7, 11) is 3.03. The summed E-state index contributed by atoms with van der Waals surface area (Å²) >= 11 is 0. The lowest BCUT2D eigenvalue weighted by atomic mass is 10.2. The molecule has 4 N–H and O–H groups in total. The Bertz CT molecular complexity index is 897. The second-order valence-corrected chi connectivity index (χ2v) is 5.52. The second kappa shape index (κ2) is 11.3. The van der Waals surface area contributed by atoms with Crippen LogP contribution in [0.5, 0.6) is 11.5 Å². The van der Waals surface area contributed by atoms with Crippen molar-refractivity contribution < 1.29 is 27.4 Å². The van der Waals surface area contributed by atoms with Gasteiger partial charge in [0.05, 0.1) is 33.0 Å². The third-order valence-corrected chi connectivity index (χ3v) is 3.62. The molecule has 29 heavy (non-hydrogen) atoms. The van der Waals surface area contributed by atoms with E-state index in [4.69, 9.17) is 15.2 Å². The van der Waals surface area contributed by atoms with Gasteiger partial charge < -0.3 is 25.8 Å². The van der Waals surface area contributed by atoms with Crippen molar-refractivity contribution in [1.29, 1.82) is 0 Å². The highest BCUT2D eigenvalue weighted by Gasteiger charge is 2.15. The smallest absolute Gasteiger partial charge is 0.243 e. The quantitative estimate of drug-likeness (QED) is 0.224. The van der Waals surface area contributed by atoms with Crippen LogP contribution >= 0.6 is 24.0 Å². The SMILES string of the molecule is COc1ccc(CN=C(N)NCC(=O)Nc2ccc(F)c(F)c2F)cc1OC.I. The number of hydrogen-bond donors (Lipinski definition) is 3. The second-order valence-electron chi connectivity index (χ2n) is 5.52. The van der Waals surface area contributed by atoms with Crippen molar-refractivity contribution in [3.63, 3.8) is 0 Å². The number of rotatable bonds is 7. The lowest BCUT2D eigenvalue weighted by Gasteiger charge is -2.10. The molecule has 7 nitrogen and oxygen atoms in total. The van der Waals surface area contributed by atoms with E-state index in [1.807, 2.05) is 0 Å². The average Bonchev–Trinajstić information content (AvgIpc) is 2.70. The highest BCUT2D eigenvalue weighted by Crippen LogP contribution is 2.27. The topological polar surface area (TPSA) is 98.0 Å². The van der Waals surface area contributed by atoms with Crippen LogP contribution in [0.15, 0.2) is 35.3 Å². The van der Waals surface area contributed by atoms with Gasteiger partial charge in [-0.25, -0.2) is 18.2 Å². The molecule has 0 saturated heterocycles. The number of amides is 1. The van der Waals surface area contributed by atoms with Crippen LogP contribution in [0.4, 0.5) is 18.9 Å². The minimum atomic E-state index is -1.67. The van der Waals surface area contributed by atoms with Crippen LogP contribution in [0, 0.1) is 17.5 Å². The molecule has 0 atom stereocenters. The number of aliphatic imine (C=N–C) groups is 1. The zero-order valence-electron chi connectivity index (χ0n) is 15.6. The van der Waals surface area contributed by atoms with Gasteiger partial charge in [-0.3, -0.25) is 4.79 Å². The number of halogens is 4. The summed E-state index contributed by atoms with van der Waals surface area (Å²) in [6.07, 6.45) is 0. The number of guanidine groups is 1. The fourth-order valence-corrected chi connectivity index (χ4v) is 2.20. The number of anilines is 1. The van der Waals surface area contributed by atoms with Crippen LogP contribution in [0.1, 0.15) is 5.56 Å². The Morgan fingerprint density at radius 2 is 1.76 bits per heavy atom. The van der Waals surface area contributed by atoms with E-state index in [1.54, 1.807) is 18.2 Å².